The van der Waals surface area contributed by atoms with Gasteiger partial charge in [-0.2, -0.15) is 0 Å². The van der Waals surface area contributed by atoms with E-state index in [9.17, 15) is 15.0 Å². The number of hydrogen-bond acceptors (Lipinski definition) is 7. The molecule has 1 aliphatic rings. The molecule has 21 heavy (non-hydrogen) atoms. The van der Waals surface area contributed by atoms with Crippen LogP contribution >= 0.6 is 0 Å². The van der Waals surface area contributed by atoms with Gasteiger partial charge in [0, 0.05) is 12.3 Å². The third kappa shape index (κ3) is 2.07. The van der Waals surface area contributed by atoms with E-state index in [1.54, 1.807) is 0 Å². The zero-order chi connectivity index (χ0) is 15.1. The standard InChI is InChI=1S/C12H14N4O5/c13-10-7-5(18)1-2-14-11(7)16(4-15-10)12-9(20)8(19)6(3-17)21-12/h1-2,4,6,8-9,12-13,17,19-20H,3H2,(H,14,18)/t6-,8-,9-,12-/m1/s1. The topological polar surface area (TPSA) is 144 Å². The third-order valence-corrected chi connectivity index (χ3v) is 3.54. The number of pyridine rings is 1. The summed E-state index contributed by atoms with van der Waals surface area (Å²) in [7, 11) is 0. The van der Waals surface area contributed by atoms with E-state index in [4.69, 9.17) is 15.3 Å². The number of fused-ring (bicyclic) bond motifs is 1. The Morgan fingerprint density at radius 1 is 1.43 bits per heavy atom. The summed E-state index contributed by atoms with van der Waals surface area (Å²) < 4.78 is 6.73. The lowest BCUT2D eigenvalue weighted by Gasteiger charge is -2.19. The number of nitrogens with zero attached hydrogens (tertiary/aromatic N) is 2. The number of hydrogen-bond donors (Lipinski definition) is 5. The Labute approximate surface area is 117 Å². The molecule has 9 heteroatoms. The average molecular weight is 294 g/mol. The first kappa shape index (κ1) is 13.9. The van der Waals surface area contributed by atoms with Gasteiger partial charge in [-0.1, -0.05) is 0 Å². The Kier molecular flexibility index (Phi) is 3.33. The van der Waals surface area contributed by atoms with Gasteiger partial charge in [0.25, 0.3) is 0 Å². The van der Waals surface area contributed by atoms with Crippen molar-refractivity contribution in [2.75, 3.05) is 6.61 Å². The van der Waals surface area contributed by atoms with Crippen LogP contribution in [0.2, 0.25) is 0 Å². The molecule has 0 unspecified atom stereocenters. The normalized spacial score (nSPS) is 29.1. The molecule has 0 aromatic carbocycles. The summed E-state index contributed by atoms with van der Waals surface area (Å²) in [5.74, 6) is 0. The molecule has 0 aliphatic carbocycles. The number of rotatable bonds is 2. The predicted molar refractivity (Wildman–Crippen MR) is 69.2 cm³/mol. The molecule has 112 valence electrons. The largest absolute Gasteiger partial charge is 0.394 e. The number of nitrogens with one attached hydrogen (secondary N) is 2. The van der Waals surface area contributed by atoms with Gasteiger partial charge in [0.1, 0.15) is 35.7 Å². The minimum atomic E-state index is -1.29. The van der Waals surface area contributed by atoms with Gasteiger partial charge in [-0.25, -0.2) is 4.98 Å². The zero-order valence-electron chi connectivity index (χ0n) is 10.8. The third-order valence-electron chi connectivity index (χ3n) is 3.54. The van der Waals surface area contributed by atoms with Gasteiger partial charge in [-0.3, -0.25) is 14.8 Å². The Hall–Kier alpha value is -2.07. The van der Waals surface area contributed by atoms with Gasteiger partial charge in [-0.15, -0.1) is 0 Å². The summed E-state index contributed by atoms with van der Waals surface area (Å²) in [6, 6.07) is 1.27. The Bertz CT molecular complexity index is 772. The van der Waals surface area contributed by atoms with Crippen molar-refractivity contribution in [2.24, 2.45) is 0 Å². The molecule has 1 fully saturated rings. The molecular formula is C12H14N4O5. The molecular weight excluding hydrogens is 280 g/mol. The number of aromatic nitrogens is 3. The fraction of sp³-hybridized carbons (Fsp3) is 0.417. The minimum Gasteiger partial charge on any atom is -0.394 e. The second-order valence-electron chi connectivity index (χ2n) is 4.79. The van der Waals surface area contributed by atoms with Gasteiger partial charge in [0.05, 0.1) is 6.61 Å². The van der Waals surface area contributed by atoms with Crippen molar-refractivity contribution in [1.29, 1.82) is 5.41 Å². The maximum atomic E-state index is 11.8. The first-order valence-electron chi connectivity index (χ1n) is 6.30. The van der Waals surface area contributed by atoms with Crippen LogP contribution in [0, 0.1) is 5.41 Å². The van der Waals surface area contributed by atoms with E-state index in [2.05, 4.69) is 9.97 Å². The lowest BCUT2D eigenvalue weighted by Crippen LogP contribution is -2.33. The van der Waals surface area contributed by atoms with E-state index in [1.807, 2.05) is 0 Å². The van der Waals surface area contributed by atoms with Crippen LogP contribution in [0.5, 0.6) is 0 Å². The summed E-state index contributed by atoms with van der Waals surface area (Å²) in [5, 5.41) is 36.7. The van der Waals surface area contributed by atoms with Crippen LogP contribution in [0.25, 0.3) is 11.0 Å². The van der Waals surface area contributed by atoms with E-state index in [0.29, 0.717) is 0 Å². The van der Waals surface area contributed by atoms with Crippen molar-refractivity contribution in [3.8, 4) is 0 Å². The fourth-order valence-corrected chi connectivity index (χ4v) is 2.45. The maximum Gasteiger partial charge on any atom is 0.194 e. The van der Waals surface area contributed by atoms with Crippen molar-refractivity contribution in [3.63, 3.8) is 0 Å². The fourth-order valence-electron chi connectivity index (χ4n) is 2.45. The number of ether oxygens (including phenoxy) is 1. The minimum absolute atomic E-state index is 0.0535. The summed E-state index contributed by atoms with van der Waals surface area (Å²) in [6.07, 6.45) is -1.86. The van der Waals surface area contributed by atoms with E-state index < -0.39 is 31.1 Å². The second-order valence-corrected chi connectivity index (χ2v) is 4.79. The van der Waals surface area contributed by atoms with Crippen LogP contribution in [0.3, 0.4) is 0 Å². The zero-order valence-corrected chi connectivity index (χ0v) is 10.8. The molecule has 0 spiro atoms. The highest BCUT2D eigenvalue weighted by molar-refractivity contribution is 5.72. The smallest absolute Gasteiger partial charge is 0.194 e. The molecule has 5 N–H and O–H groups in total. The molecule has 0 radical (unpaired) electrons. The molecule has 0 saturated carbocycles. The molecule has 4 atom stereocenters. The van der Waals surface area contributed by atoms with Crippen LogP contribution in [0.4, 0.5) is 0 Å². The molecule has 9 nitrogen and oxygen atoms in total. The van der Waals surface area contributed by atoms with Gasteiger partial charge in [0.2, 0.25) is 0 Å². The van der Waals surface area contributed by atoms with Crippen molar-refractivity contribution in [2.45, 2.75) is 24.5 Å². The average Bonchev–Trinajstić information content (AvgIpc) is 2.76. The summed E-state index contributed by atoms with van der Waals surface area (Å²) in [4.78, 5) is 18.5. The van der Waals surface area contributed by atoms with E-state index in [0.717, 1.165) is 0 Å². The SMILES string of the molecule is N=c1ncn([C@@H]2O[C@H](CO)[C@@H](O)[C@H]2O)c2[nH]ccc(=O)c12. The Morgan fingerprint density at radius 2 is 2.19 bits per heavy atom. The summed E-state index contributed by atoms with van der Waals surface area (Å²) in [5.41, 5.74) is -0.338. The number of H-pyrrole nitrogens is 1. The molecule has 0 bridgehead atoms. The van der Waals surface area contributed by atoms with E-state index in [-0.39, 0.29) is 21.9 Å². The van der Waals surface area contributed by atoms with Crippen LogP contribution < -0.4 is 10.9 Å². The lowest BCUT2D eigenvalue weighted by molar-refractivity contribution is -0.0515. The van der Waals surface area contributed by atoms with Gasteiger partial charge in [0.15, 0.2) is 17.1 Å². The van der Waals surface area contributed by atoms with E-state index >= 15 is 0 Å². The summed E-state index contributed by atoms with van der Waals surface area (Å²) in [6.45, 7) is -0.451. The van der Waals surface area contributed by atoms with E-state index in [1.165, 1.54) is 23.2 Å². The van der Waals surface area contributed by atoms with Crippen LogP contribution in [-0.2, 0) is 4.74 Å². The quantitative estimate of drug-likeness (QED) is 0.426. The highest BCUT2D eigenvalue weighted by Crippen LogP contribution is 2.29. The van der Waals surface area contributed by atoms with Gasteiger partial charge >= 0.3 is 0 Å². The lowest BCUT2D eigenvalue weighted by atomic mass is 10.1. The van der Waals surface area contributed by atoms with Crippen molar-refractivity contribution in [1.82, 2.24) is 14.5 Å². The molecule has 0 amide bonds. The Morgan fingerprint density at radius 3 is 2.86 bits per heavy atom. The molecule has 1 aliphatic heterocycles. The van der Waals surface area contributed by atoms with Crippen molar-refractivity contribution >= 4 is 11.0 Å². The molecule has 2 aromatic heterocycles. The number of aliphatic hydroxyl groups excluding tert-OH is 3. The first-order valence-corrected chi connectivity index (χ1v) is 6.30. The molecule has 3 heterocycles. The Balaban J connectivity index is 2.19. The van der Waals surface area contributed by atoms with Crippen molar-refractivity contribution in [3.05, 3.63) is 34.3 Å². The number of aromatic amines is 1. The molecule has 3 rings (SSSR count). The highest BCUT2D eigenvalue weighted by Gasteiger charge is 2.43. The molecule has 2 aromatic rings. The van der Waals surface area contributed by atoms with Gasteiger partial charge in [-0.05, 0) is 0 Å². The second kappa shape index (κ2) is 5.04. The molecule has 1 saturated heterocycles. The highest BCUT2D eigenvalue weighted by atomic mass is 16.6. The number of aliphatic hydroxyl groups is 3. The first-order chi connectivity index (χ1) is 10.0. The van der Waals surface area contributed by atoms with Gasteiger partial charge < -0.3 is 25.0 Å². The maximum absolute atomic E-state index is 11.8. The van der Waals surface area contributed by atoms with Crippen LogP contribution in [-0.4, -0.2) is 54.8 Å². The van der Waals surface area contributed by atoms with Crippen LogP contribution in [0.1, 0.15) is 6.23 Å². The predicted octanol–water partition coefficient (Wildman–Crippen LogP) is -2.18. The monoisotopic (exact) mass is 294 g/mol. The van der Waals surface area contributed by atoms with Crippen molar-refractivity contribution < 1.29 is 20.1 Å². The summed E-state index contributed by atoms with van der Waals surface area (Å²) >= 11 is 0. The van der Waals surface area contributed by atoms with Crippen LogP contribution in [0.15, 0.2) is 23.4 Å².